The van der Waals surface area contributed by atoms with Gasteiger partial charge in [-0.3, -0.25) is 14.4 Å². The van der Waals surface area contributed by atoms with Crippen LogP contribution in [0, 0.1) is 0 Å². The van der Waals surface area contributed by atoms with E-state index < -0.39 is 6.03 Å². The molecule has 0 spiro atoms. The maximum atomic E-state index is 12.7. The number of para-hydroxylation sites is 2. The molecule has 6 rings (SSSR count). The highest BCUT2D eigenvalue weighted by molar-refractivity contribution is 5.98. The summed E-state index contributed by atoms with van der Waals surface area (Å²) in [5.41, 5.74) is 7.02. The standard InChI is InChI=1S/C41H47N7O4/c1-5-39(50)47-26(3)23-34(32-11-7-9-13-36(32)47)43-28-15-19-30(20-16-28)45-38(49)25-42-41(52)46-31-21-17-29(18-22-31)44-35-24-27(4)48(40(51)6-2)37-14-10-8-12-33(35)37/h7-22,26-27,34-35,43-44H,5-6,23-25H2,1-4H3,(H,45,49)(H2,42,46,52)/t26-,27-,34+,35+/m0/s1. The summed E-state index contributed by atoms with van der Waals surface area (Å²) in [5, 5.41) is 15.4. The van der Waals surface area contributed by atoms with Crippen molar-refractivity contribution < 1.29 is 19.2 Å². The van der Waals surface area contributed by atoms with Crippen molar-refractivity contribution in [1.82, 2.24) is 5.32 Å². The minimum Gasteiger partial charge on any atom is -0.378 e. The molecule has 5 N–H and O–H groups in total. The Hall–Kier alpha value is -5.84. The van der Waals surface area contributed by atoms with Crippen molar-refractivity contribution in [3.63, 3.8) is 0 Å². The van der Waals surface area contributed by atoms with Crippen molar-refractivity contribution in [3.8, 4) is 0 Å². The SMILES string of the molecule is CCC(=O)N1c2ccccc2[C@H](Nc2ccc(NC(=O)CNC(=O)Nc3ccc(N[C@@H]4C[C@H](C)N(C(=O)CC)c5ccccc54)cc3)cc2)C[C@@H]1C. The second kappa shape index (κ2) is 16.0. The second-order valence-corrected chi connectivity index (χ2v) is 13.4. The van der Waals surface area contributed by atoms with Crippen molar-refractivity contribution >= 4 is 57.9 Å². The van der Waals surface area contributed by atoms with E-state index in [1.165, 1.54) is 0 Å². The van der Waals surface area contributed by atoms with E-state index in [0.29, 0.717) is 24.2 Å². The van der Waals surface area contributed by atoms with Crippen molar-refractivity contribution in [2.75, 3.05) is 37.6 Å². The first-order valence-corrected chi connectivity index (χ1v) is 18.0. The monoisotopic (exact) mass is 701 g/mol. The van der Waals surface area contributed by atoms with Crippen LogP contribution in [0.4, 0.5) is 38.9 Å². The van der Waals surface area contributed by atoms with E-state index in [-0.39, 0.29) is 48.4 Å². The zero-order chi connectivity index (χ0) is 36.8. The van der Waals surface area contributed by atoms with Gasteiger partial charge < -0.3 is 36.4 Å². The van der Waals surface area contributed by atoms with E-state index in [2.05, 4.69) is 52.6 Å². The van der Waals surface area contributed by atoms with Gasteiger partial charge in [0.1, 0.15) is 0 Å². The molecule has 2 aliphatic heterocycles. The first kappa shape index (κ1) is 36.0. The number of carbonyl (C=O) groups is 4. The molecule has 0 aromatic heterocycles. The Kier molecular flexibility index (Phi) is 11.1. The summed E-state index contributed by atoms with van der Waals surface area (Å²) < 4.78 is 0. The second-order valence-electron chi connectivity index (χ2n) is 13.4. The molecule has 2 heterocycles. The molecular weight excluding hydrogens is 654 g/mol. The zero-order valence-corrected chi connectivity index (χ0v) is 30.1. The Bertz CT molecular complexity index is 1770. The average molecular weight is 702 g/mol. The van der Waals surface area contributed by atoms with Crippen LogP contribution >= 0.6 is 0 Å². The predicted octanol–water partition coefficient (Wildman–Crippen LogP) is 7.82. The molecule has 0 fully saturated rings. The van der Waals surface area contributed by atoms with Gasteiger partial charge in [0.25, 0.3) is 0 Å². The van der Waals surface area contributed by atoms with Gasteiger partial charge in [-0.2, -0.15) is 0 Å². The summed E-state index contributed by atoms with van der Waals surface area (Å²) in [7, 11) is 0. The molecule has 2 aliphatic rings. The maximum absolute atomic E-state index is 12.7. The predicted molar refractivity (Wildman–Crippen MR) is 208 cm³/mol. The molecule has 11 nitrogen and oxygen atoms in total. The number of hydrogen-bond acceptors (Lipinski definition) is 6. The number of amides is 5. The highest BCUT2D eigenvalue weighted by Gasteiger charge is 2.34. The molecule has 4 aromatic carbocycles. The number of rotatable bonds is 10. The van der Waals surface area contributed by atoms with Crippen LogP contribution in [0.5, 0.6) is 0 Å². The Morgan fingerprint density at radius 1 is 0.577 bits per heavy atom. The van der Waals surface area contributed by atoms with Crippen LogP contribution in [0.1, 0.15) is 76.6 Å². The third-order valence-electron chi connectivity index (χ3n) is 9.72. The van der Waals surface area contributed by atoms with Crippen molar-refractivity contribution in [1.29, 1.82) is 0 Å². The van der Waals surface area contributed by atoms with E-state index in [9.17, 15) is 19.2 Å². The van der Waals surface area contributed by atoms with Crippen molar-refractivity contribution in [2.24, 2.45) is 0 Å². The molecule has 4 atom stereocenters. The van der Waals surface area contributed by atoms with Crippen molar-refractivity contribution in [2.45, 2.75) is 77.5 Å². The smallest absolute Gasteiger partial charge is 0.319 e. The highest BCUT2D eigenvalue weighted by atomic mass is 16.2. The fourth-order valence-electron chi connectivity index (χ4n) is 7.24. The van der Waals surface area contributed by atoms with E-state index in [0.717, 1.165) is 46.7 Å². The van der Waals surface area contributed by atoms with Crippen LogP contribution in [0.15, 0.2) is 97.1 Å². The summed E-state index contributed by atoms with van der Waals surface area (Å²) in [4.78, 5) is 54.4. The van der Waals surface area contributed by atoms with Gasteiger partial charge in [-0.1, -0.05) is 50.2 Å². The third kappa shape index (κ3) is 8.04. The van der Waals surface area contributed by atoms with Gasteiger partial charge in [0.2, 0.25) is 17.7 Å². The van der Waals surface area contributed by atoms with E-state index in [1.54, 1.807) is 12.1 Å². The number of anilines is 6. The van der Waals surface area contributed by atoms with E-state index in [1.807, 2.05) is 96.4 Å². The molecule has 0 bridgehead atoms. The number of carbonyl (C=O) groups excluding carboxylic acids is 4. The molecular formula is C41H47N7O4. The topological polar surface area (TPSA) is 135 Å². The van der Waals surface area contributed by atoms with E-state index >= 15 is 0 Å². The van der Waals surface area contributed by atoms with Gasteiger partial charge in [0.05, 0.1) is 18.6 Å². The number of hydrogen-bond donors (Lipinski definition) is 5. The Labute approximate surface area is 305 Å². The lowest BCUT2D eigenvalue weighted by atomic mass is 9.91. The molecule has 0 radical (unpaired) electrons. The number of urea groups is 1. The van der Waals surface area contributed by atoms with Crippen LogP contribution in [-0.2, 0) is 14.4 Å². The molecule has 4 aromatic rings. The Morgan fingerprint density at radius 3 is 1.42 bits per heavy atom. The zero-order valence-electron chi connectivity index (χ0n) is 30.1. The summed E-state index contributed by atoms with van der Waals surface area (Å²) in [6.45, 7) is 7.71. The number of nitrogens with one attached hydrogen (secondary N) is 5. The Balaban J connectivity index is 0.972. The fourth-order valence-corrected chi connectivity index (χ4v) is 7.24. The molecule has 0 saturated heterocycles. The quantitative estimate of drug-likeness (QED) is 0.114. The minimum absolute atomic E-state index is 0.0308. The number of benzene rings is 4. The lowest BCUT2D eigenvalue weighted by molar-refractivity contribution is -0.119. The Morgan fingerprint density at radius 2 is 0.981 bits per heavy atom. The molecule has 0 saturated carbocycles. The first-order chi connectivity index (χ1) is 25.1. The fraction of sp³-hybridized carbons (Fsp3) is 0.317. The maximum Gasteiger partial charge on any atom is 0.319 e. The van der Waals surface area contributed by atoms with Gasteiger partial charge >= 0.3 is 6.03 Å². The molecule has 5 amide bonds. The first-order valence-electron chi connectivity index (χ1n) is 18.0. The van der Waals surface area contributed by atoms with Gasteiger partial charge in [0, 0.05) is 59.0 Å². The summed E-state index contributed by atoms with van der Waals surface area (Å²) in [5.74, 6) is -0.125. The van der Waals surface area contributed by atoms with Gasteiger partial charge in [-0.15, -0.1) is 0 Å². The molecule has 0 aliphatic carbocycles. The molecule has 0 unspecified atom stereocenters. The molecule has 11 heteroatoms. The molecule has 270 valence electrons. The van der Waals surface area contributed by atoms with E-state index in [4.69, 9.17) is 0 Å². The van der Waals surface area contributed by atoms with Crippen LogP contribution in [0.2, 0.25) is 0 Å². The lowest BCUT2D eigenvalue weighted by Crippen LogP contribution is -2.44. The van der Waals surface area contributed by atoms with Crippen LogP contribution < -0.4 is 36.4 Å². The van der Waals surface area contributed by atoms with Crippen molar-refractivity contribution in [3.05, 3.63) is 108 Å². The van der Waals surface area contributed by atoms with Gasteiger partial charge in [-0.05, 0) is 98.5 Å². The van der Waals surface area contributed by atoms with Crippen LogP contribution in [0.3, 0.4) is 0 Å². The lowest BCUT2D eigenvalue weighted by Gasteiger charge is -2.40. The van der Waals surface area contributed by atoms with Crippen LogP contribution in [0.25, 0.3) is 0 Å². The normalized spacial score (nSPS) is 19.1. The largest absolute Gasteiger partial charge is 0.378 e. The third-order valence-corrected chi connectivity index (χ3v) is 9.72. The summed E-state index contributed by atoms with van der Waals surface area (Å²) in [6.07, 6.45) is 2.45. The average Bonchev–Trinajstić information content (AvgIpc) is 3.15. The minimum atomic E-state index is -0.493. The van der Waals surface area contributed by atoms with Crippen LogP contribution in [-0.4, -0.2) is 42.4 Å². The number of fused-ring (bicyclic) bond motifs is 2. The molecule has 52 heavy (non-hydrogen) atoms. The van der Waals surface area contributed by atoms with Gasteiger partial charge in [0.15, 0.2) is 0 Å². The van der Waals surface area contributed by atoms with Gasteiger partial charge in [-0.25, -0.2) is 4.79 Å². The summed E-state index contributed by atoms with van der Waals surface area (Å²) in [6, 6.07) is 30.5. The number of nitrogens with zero attached hydrogens (tertiary/aromatic N) is 2. The summed E-state index contributed by atoms with van der Waals surface area (Å²) >= 11 is 0. The highest BCUT2D eigenvalue weighted by Crippen LogP contribution is 2.40.